The Labute approximate surface area is 101 Å². The van der Waals surface area contributed by atoms with Crippen LogP contribution in [0.15, 0.2) is 0 Å². The highest BCUT2D eigenvalue weighted by molar-refractivity contribution is 7.11. The normalized spacial score (nSPS) is 14.1. The van der Waals surface area contributed by atoms with Crippen LogP contribution in [0.2, 0.25) is 0 Å². The lowest BCUT2D eigenvalue weighted by Crippen LogP contribution is -2.29. The highest BCUT2D eigenvalue weighted by Gasteiger charge is 2.22. The van der Waals surface area contributed by atoms with Crippen LogP contribution in [0.25, 0.3) is 0 Å². The third-order valence-corrected chi connectivity index (χ3v) is 3.86. The number of ether oxygens (including phenoxy) is 1. The van der Waals surface area contributed by atoms with Gasteiger partial charge in [0.05, 0.1) is 22.4 Å². The molecule has 0 saturated carbocycles. The van der Waals surface area contributed by atoms with Crippen molar-refractivity contribution in [2.45, 2.75) is 52.2 Å². The molecule has 3 nitrogen and oxygen atoms in total. The third kappa shape index (κ3) is 3.85. The Kier molecular flexibility index (Phi) is 4.47. The van der Waals surface area contributed by atoms with Crippen molar-refractivity contribution >= 4 is 11.3 Å². The van der Waals surface area contributed by atoms with Gasteiger partial charge in [-0.15, -0.1) is 11.3 Å². The monoisotopic (exact) mass is 243 g/mol. The molecule has 1 aromatic rings. The largest absolute Gasteiger partial charge is 0.393 e. The predicted octanol–water partition coefficient (Wildman–Crippen LogP) is 2.48. The smallest absolute Gasteiger partial charge is 0.0956 e. The summed E-state index contributed by atoms with van der Waals surface area (Å²) in [6, 6.07) is 0. The van der Waals surface area contributed by atoms with Crippen LogP contribution < -0.4 is 0 Å². The summed E-state index contributed by atoms with van der Waals surface area (Å²) in [7, 11) is 1.67. The van der Waals surface area contributed by atoms with Crippen LogP contribution in [0.5, 0.6) is 0 Å². The van der Waals surface area contributed by atoms with Gasteiger partial charge in [-0.2, -0.15) is 0 Å². The number of hydrogen-bond donors (Lipinski definition) is 1. The van der Waals surface area contributed by atoms with Crippen molar-refractivity contribution in [2.24, 2.45) is 0 Å². The molecule has 1 N–H and O–H groups in total. The minimum atomic E-state index is -0.389. The zero-order chi connectivity index (χ0) is 12.3. The van der Waals surface area contributed by atoms with E-state index in [-0.39, 0.29) is 11.7 Å². The minimum absolute atomic E-state index is 0.277. The summed E-state index contributed by atoms with van der Waals surface area (Å²) in [6.07, 6.45) is 0.854. The first kappa shape index (κ1) is 13.6. The maximum atomic E-state index is 9.96. The summed E-state index contributed by atoms with van der Waals surface area (Å²) >= 11 is 1.66. The van der Waals surface area contributed by atoms with Crippen LogP contribution in [0, 0.1) is 13.8 Å². The molecule has 0 radical (unpaired) electrons. The van der Waals surface area contributed by atoms with Gasteiger partial charge in [-0.25, -0.2) is 4.98 Å². The molecule has 0 amide bonds. The second kappa shape index (κ2) is 5.25. The number of aryl methyl sites for hydroxylation is 2. The fraction of sp³-hybridized carbons (Fsp3) is 0.750. The molecule has 0 bridgehead atoms. The van der Waals surface area contributed by atoms with E-state index in [1.165, 1.54) is 4.88 Å². The average molecular weight is 243 g/mol. The summed E-state index contributed by atoms with van der Waals surface area (Å²) in [6.45, 7) is 8.02. The first-order chi connectivity index (χ1) is 7.34. The number of nitrogens with zero attached hydrogens (tertiary/aromatic N) is 1. The van der Waals surface area contributed by atoms with Gasteiger partial charge in [0.1, 0.15) is 0 Å². The van der Waals surface area contributed by atoms with Gasteiger partial charge in [-0.05, 0) is 27.7 Å². The molecule has 4 heteroatoms. The van der Waals surface area contributed by atoms with E-state index in [0.717, 1.165) is 10.7 Å². The van der Waals surface area contributed by atoms with E-state index in [4.69, 9.17) is 4.74 Å². The molecule has 0 saturated heterocycles. The van der Waals surface area contributed by atoms with Gasteiger partial charge in [0.25, 0.3) is 0 Å². The molecule has 1 aromatic heterocycles. The van der Waals surface area contributed by atoms with Gasteiger partial charge in [0, 0.05) is 24.8 Å². The number of aromatic nitrogens is 1. The average Bonchev–Trinajstić information content (AvgIpc) is 2.44. The molecule has 0 fully saturated rings. The number of aliphatic hydroxyl groups is 1. The molecule has 0 aliphatic carbocycles. The lowest BCUT2D eigenvalue weighted by molar-refractivity contribution is -0.0190. The summed E-state index contributed by atoms with van der Waals surface area (Å²) in [4.78, 5) is 5.65. The van der Waals surface area contributed by atoms with Crippen LogP contribution in [0.3, 0.4) is 0 Å². The van der Waals surface area contributed by atoms with Crippen LogP contribution in [0.4, 0.5) is 0 Å². The van der Waals surface area contributed by atoms with Crippen molar-refractivity contribution < 1.29 is 9.84 Å². The van der Waals surface area contributed by atoms with Crippen molar-refractivity contribution in [1.82, 2.24) is 4.98 Å². The van der Waals surface area contributed by atoms with Crippen LogP contribution >= 0.6 is 11.3 Å². The Morgan fingerprint density at radius 1 is 1.44 bits per heavy atom. The summed E-state index contributed by atoms with van der Waals surface area (Å²) in [5, 5.41) is 11.0. The van der Waals surface area contributed by atoms with Crippen molar-refractivity contribution in [2.75, 3.05) is 7.11 Å². The van der Waals surface area contributed by atoms with E-state index >= 15 is 0 Å². The molecule has 1 heterocycles. The van der Waals surface area contributed by atoms with E-state index < -0.39 is 0 Å². The van der Waals surface area contributed by atoms with Crippen molar-refractivity contribution in [3.63, 3.8) is 0 Å². The fourth-order valence-corrected chi connectivity index (χ4v) is 2.56. The van der Waals surface area contributed by atoms with Crippen molar-refractivity contribution in [1.29, 1.82) is 0 Å². The van der Waals surface area contributed by atoms with Crippen LogP contribution in [-0.2, 0) is 11.2 Å². The molecular formula is C12H21NO2S. The fourth-order valence-electron chi connectivity index (χ4n) is 1.55. The maximum Gasteiger partial charge on any atom is 0.0956 e. The Hall–Kier alpha value is -0.450. The van der Waals surface area contributed by atoms with Gasteiger partial charge in [0.15, 0.2) is 0 Å². The van der Waals surface area contributed by atoms with E-state index in [9.17, 15) is 5.11 Å². The van der Waals surface area contributed by atoms with E-state index in [1.807, 2.05) is 20.8 Å². The minimum Gasteiger partial charge on any atom is -0.393 e. The molecule has 0 aliphatic rings. The lowest BCUT2D eigenvalue weighted by Gasteiger charge is -2.25. The van der Waals surface area contributed by atoms with Gasteiger partial charge in [-0.1, -0.05) is 0 Å². The number of rotatable bonds is 5. The lowest BCUT2D eigenvalue weighted by atomic mass is 9.99. The Morgan fingerprint density at radius 2 is 2.06 bits per heavy atom. The molecule has 92 valence electrons. The van der Waals surface area contributed by atoms with Crippen molar-refractivity contribution in [3.8, 4) is 0 Å². The standard InChI is InChI=1S/C12H21NO2S/c1-8-9(2)16-11(13-8)6-10(14)7-12(3,4)15-5/h10,14H,6-7H2,1-5H3. The zero-order valence-electron chi connectivity index (χ0n) is 10.7. The molecule has 0 aliphatic heterocycles. The molecule has 16 heavy (non-hydrogen) atoms. The number of aliphatic hydroxyl groups excluding tert-OH is 1. The van der Waals surface area contributed by atoms with E-state index in [2.05, 4.69) is 11.9 Å². The summed E-state index contributed by atoms with van der Waals surface area (Å²) in [5.41, 5.74) is 0.791. The number of methoxy groups -OCH3 is 1. The van der Waals surface area contributed by atoms with Gasteiger partial charge in [0.2, 0.25) is 0 Å². The second-order valence-corrected chi connectivity index (χ2v) is 6.06. The number of hydrogen-bond acceptors (Lipinski definition) is 4. The van der Waals surface area contributed by atoms with E-state index in [0.29, 0.717) is 12.8 Å². The molecule has 1 unspecified atom stereocenters. The molecule has 1 rings (SSSR count). The summed E-state index contributed by atoms with van der Waals surface area (Å²) in [5.74, 6) is 0. The Morgan fingerprint density at radius 3 is 2.50 bits per heavy atom. The Bertz CT molecular complexity index is 327. The first-order valence-electron chi connectivity index (χ1n) is 5.50. The van der Waals surface area contributed by atoms with Gasteiger partial charge >= 0.3 is 0 Å². The number of thiazole rings is 1. The molecule has 0 aromatic carbocycles. The second-order valence-electron chi connectivity index (χ2n) is 4.78. The maximum absolute atomic E-state index is 9.96. The zero-order valence-corrected chi connectivity index (χ0v) is 11.5. The molecule has 0 spiro atoms. The van der Waals surface area contributed by atoms with E-state index in [1.54, 1.807) is 18.4 Å². The van der Waals surface area contributed by atoms with Crippen LogP contribution in [-0.4, -0.2) is 28.9 Å². The third-order valence-electron chi connectivity index (χ3n) is 2.76. The topological polar surface area (TPSA) is 42.4 Å². The van der Waals surface area contributed by atoms with Gasteiger partial charge < -0.3 is 9.84 Å². The molecule has 1 atom stereocenters. The molecular weight excluding hydrogens is 222 g/mol. The van der Waals surface area contributed by atoms with Gasteiger partial charge in [-0.3, -0.25) is 0 Å². The van der Waals surface area contributed by atoms with Crippen LogP contribution in [0.1, 0.15) is 35.8 Å². The highest BCUT2D eigenvalue weighted by Crippen LogP contribution is 2.22. The Balaban J connectivity index is 2.54. The predicted molar refractivity (Wildman–Crippen MR) is 67.0 cm³/mol. The first-order valence-corrected chi connectivity index (χ1v) is 6.32. The SMILES string of the molecule is COC(C)(C)CC(O)Cc1nc(C)c(C)s1. The van der Waals surface area contributed by atoms with Crippen molar-refractivity contribution in [3.05, 3.63) is 15.6 Å². The quantitative estimate of drug-likeness (QED) is 0.864. The highest BCUT2D eigenvalue weighted by atomic mass is 32.1. The summed E-state index contributed by atoms with van der Waals surface area (Å²) < 4.78 is 5.30.